The van der Waals surface area contributed by atoms with Crippen molar-refractivity contribution in [2.24, 2.45) is 0 Å². The predicted molar refractivity (Wildman–Crippen MR) is 90.6 cm³/mol. The average molecular weight is 390 g/mol. The van der Waals surface area contributed by atoms with Gasteiger partial charge in [0, 0.05) is 11.0 Å². The van der Waals surface area contributed by atoms with Gasteiger partial charge in [-0.2, -0.15) is 0 Å². The maximum atomic E-state index is 12.5. The van der Waals surface area contributed by atoms with Crippen molar-refractivity contribution in [1.29, 1.82) is 0 Å². The third-order valence-corrected chi connectivity index (χ3v) is 4.95. The highest BCUT2D eigenvalue weighted by molar-refractivity contribution is 9.10. The number of hydrogen-bond donors (Lipinski definition) is 2. The highest BCUT2D eigenvalue weighted by Gasteiger charge is 2.19. The first-order valence-electron chi connectivity index (χ1n) is 6.25. The Bertz CT molecular complexity index is 750. The van der Waals surface area contributed by atoms with Crippen molar-refractivity contribution in [3.8, 4) is 0 Å². The summed E-state index contributed by atoms with van der Waals surface area (Å²) >= 11 is 9.33. The number of halogens is 2. The second kappa shape index (κ2) is 6.68. The van der Waals surface area contributed by atoms with E-state index in [0.717, 1.165) is 4.47 Å². The summed E-state index contributed by atoms with van der Waals surface area (Å²) in [5.74, 6) is 0. The molecule has 0 aliphatic rings. The van der Waals surface area contributed by atoms with Gasteiger partial charge in [-0.05, 0) is 37.3 Å². The van der Waals surface area contributed by atoms with Gasteiger partial charge in [0.05, 0.1) is 16.4 Å². The lowest BCUT2D eigenvalue weighted by atomic mass is 10.3. The minimum Gasteiger partial charge on any atom is -0.384 e. The Morgan fingerprint density at radius 2 is 1.86 bits per heavy atom. The lowest BCUT2D eigenvalue weighted by Gasteiger charge is -2.13. The zero-order valence-electron chi connectivity index (χ0n) is 11.2. The summed E-state index contributed by atoms with van der Waals surface area (Å²) in [4.78, 5) is 0.186. The number of sulfonamides is 1. The van der Waals surface area contributed by atoms with Crippen molar-refractivity contribution in [2.75, 3.05) is 16.6 Å². The van der Waals surface area contributed by atoms with Crippen molar-refractivity contribution in [2.45, 2.75) is 11.8 Å². The van der Waals surface area contributed by atoms with Crippen LogP contribution in [0.3, 0.4) is 0 Å². The Morgan fingerprint density at radius 3 is 2.52 bits per heavy atom. The van der Waals surface area contributed by atoms with Crippen LogP contribution in [0.25, 0.3) is 0 Å². The second-order valence-electron chi connectivity index (χ2n) is 4.26. The molecule has 0 bridgehead atoms. The first-order chi connectivity index (χ1) is 9.94. The second-order valence-corrected chi connectivity index (χ2v) is 7.23. The smallest absolute Gasteiger partial charge is 0.263 e. The zero-order chi connectivity index (χ0) is 15.5. The van der Waals surface area contributed by atoms with Gasteiger partial charge in [0.25, 0.3) is 10.0 Å². The molecule has 0 fully saturated rings. The van der Waals surface area contributed by atoms with E-state index in [2.05, 4.69) is 26.0 Å². The largest absolute Gasteiger partial charge is 0.384 e. The van der Waals surface area contributed by atoms with Gasteiger partial charge in [-0.1, -0.05) is 39.7 Å². The van der Waals surface area contributed by atoms with Gasteiger partial charge < -0.3 is 5.32 Å². The molecule has 0 radical (unpaired) electrons. The monoisotopic (exact) mass is 388 g/mol. The Balaban J connectivity index is 2.39. The maximum Gasteiger partial charge on any atom is 0.263 e. The van der Waals surface area contributed by atoms with E-state index in [4.69, 9.17) is 11.6 Å². The van der Waals surface area contributed by atoms with Gasteiger partial charge in [0.2, 0.25) is 0 Å². The maximum absolute atomic E-state index is 12.5. The van der Waals surface area contributed by atoms with Gasteiger partial charge >= 0.3 is 0 Å². The standard InChI is InChI=1S/C14H14BrClN2O2S/c1-2-17-13-5-3-4-6-14(13)21(19,20)18-12-8-7-10(15)9-11(12)16/h3-9,17-18H,2H2,1H3. The summed E-state index contributed by atoms with van der Waals surface area (Å²) in [5.41, 5.74) is 0.895. The van der Waals surface area contributed by atoms with E-state index in [1.165, 1.54) is 0 Å². The van der Waals surface area contributed by atoms with Crippen LogP contribution in [-0.2, 0) is 10.0 Å². The Morgan fingerprint density at radius 1 is 1.14 bits per heavy atom. The Kier molecular flexibility index (Phi) is 5.13. The van der Waals surface area contributed by atoms with Crippen LogP contribution in [0.2, 0.25) is 5.02 Å². The van der Waals surface area contributed by atoms with E-state index < -0.39 is 10.0 Å². The quantitative estimate of drug-likeness (QED) is 0.800. The molecule has 0 amide bonds. The fourth-order valence-corrected chi connectivity index (χ4v) is 3.85. The normalized spacial score (nSPS) is 11.2. The summed E-state index contributed by atoms with van der Waals surface area (Å²) in [6.45, 7) is 2.54. The van der Waals surface area contributed by atoms with Crippen LogP contribution in [-0.4, -0.2) is 15.0 Å². The number of rotatable bonds is 5. The predicted octanol–water partition coefficient (Wildman–Crippen LogP) is 4.34. The summed E-state index contributed by atoms with van der Waals surface area (Å²) in [6.07, 6.45) is 0. The molecular weight excluding hydrogens is 376 g/mol. The van der Waals surface area contributed by atoms with Gasteiger partial charge in [0.1, 0.15) is 4.90 Å². The first kappa shape index (κ1) is 16.1. The minimum atomic E-state index is -3.71. The van der Waals surface area contributed by atoms with Gasteiger partial charge in [-0.3, -0.25) is 4.72 Å². The molecule has 0 saturated carbocycles. The fourth-order valence-electron chi connectivity index (χ4n) is 1.81. The summed E-state index contributed by atoms with van der Waals surface area (Å²) < 4.78 is 28.3. The molecule has 0 atom stereocenters. The molecule has 0 saturated heterocycles. The average Bonchev–Trinajstić information content (AvgIpc) is 2.43. The highest BCUT2D eigenvalue weighted by atomic mass is 79.9. The third-order valence-electron chi connectivity index (χ3n) is 2.72. The van der Waals surface area contributed by atoms with Crippen LogP contribution in [0, 0.1) is 0 Å². The SMILES string of the molecule is CCNc1ccccc1S(=O)(=O)Nc1ccc(Br)cc1Cl. The molecule has 2 N–H and O–H groups in total. The third kappa shape index (κ3) is 3.90. The molecule has 0 aliphatic carbocycles. The number of nitrogens with one attached hydrogen (secondary N) is 2. The zero-order valence-corrected chi connectivity index (χ0v) is 14.4. The van der Waals surface area contributed by atoms with Crippen LogP contribution >= 0.6 is 27.5 Å². The molecule has 0 unspecified atom stereocenters. The lowest BCUT2D eigenvalue weighted by Crippen LogP contribution is -2.15. The molecule has 0 aliphatic heterocycles. The summed E-state index contributed by atoms with van der Waals surface area (Å²) in [7, 11) is -3.71. The van der Waals surface area contributed by atoms with E-state index in [1.54, 1.807) is 42.5 Å². The lowest BCUT2D eigenvalue weighted by molar-refractivity contribution is 0.601. The van der Waals surface area contributed by atoms with Crippen molar-refractivity contribution in [3.63, 3.8) is 0 Å². The van der Waals surface area contributed by atoms with Crippen LogP contribution in [0.5, 0.6) is 0 Å². The van der Waals surface area contributed by atoms with Gasteiger partial charge in [0.15, 0.2) is 0 Å². The molecule has 2 rings (SSSR count). The molecule has 112 valence electrons. The van der Waals surface area contributed by atoms with E-state index in [1.807, 2.05) is 6.92 Å². The molecule has 0 aromatic heterocycles. The van der Waals surface area contributed by atoms with Crippen LogP contribution < -0.4 is 10.0 Å². The van der Waals surface area contributed by atoms with E-state index in [9.17, 15) is 8.42 Å². The van der Waals surface area contributed by atoms with Crippen LogP contribution in [0.15, 0.2) is 51.8 Å². The molecular formula is C14H14BrClN2O2S. The van der Waals surface area contributed by atoms with Gasteiger partial charge in [-0.25, -0.2) is 8.42 Å². The van der Waals surface area contributed by atoms with E-state index in [0.29, 0.717) is 22.9 Å². The summed E-state index contributed by atoms with van der Waals surface area (Å²) in [5, 5.41) is 3.36. The van der Waals surface area contributed by atoms with Crippen molar-refractivity contribution >= 4 is 48.9 Å². The molecule has 7 heteroatoms. The van der Waals surface area contributed by atoms with Crippen molar-refractivity contribution < 1.29 is 8.42 Å². The van der Waals surface area contributed by atoms with Gasteiger partial charge in [-0.15, -0.1) is 0 Å². The Hall–Kier alpha value is -1.24. The first-order valence-corrected chi connectivity index (χ1v) is 8.90. The molecule has 0 heterocycles. The molecule has 2 aromatic carbocycles. The van der Waals surface area contributed by atoms with Crippen LogP contribution in [0.4, 0.5) is 11.4 Å². The van der Waals surface area contributed by atoms with E-state index in [-0.39, 0.29) is 4.90 Å². The summed E-state index contributed by atoms with van der Waals surface area (Å²) in [6, 6.07) is 11.7. The van der Waals surface area contributed by atoms with Crippen molar-refractivity contribution in [1.82, 2.24) is 0 Å². The number of benzene rings is 2. The molecule has 21 heavy (non-hydrogen) atoms. The number of para-hydroxylation sites is 1. The molecule has 2 aromatic rings. The highest BCUT2D eigenvalue weighted by Crippen LogP contribution is 2.29. The topological polar surface area (TPSA) is 58.2 Å². The van der Waals surface area contributed by atoms with Crippen molar-refractivity contribution in [3.05, 3.63) is 52.0 Å². The van der Waals surface area contributed by atoms with E-state index >= 15 is 0 Å². The van der Waals surface area contributed by atoms with Crippen LogP contribution in [0.1, 0.15) is 6.92 Å². The molecule has 4 nitrogen and oxygen atoms in total. The number of hydrogen-bond acceptors (Lipinski definition) is 3. The Labute approximate surface area is 137 Å². The fraction of sp³-hybridized carbons (Fsp3) is 0.143. The minimum absolute atomic E-state index is 0.186. The molecule has 0 spiro atoms. The number of anilines is 2.